The minimum absolute atomic E-state index is 0.0235. The minimum atomic E-state index is -0.787. The first kappa shape index (κ1) is 17.6. The Morgan fingerprint density at radius 2 is 1.52 bits per heavy atom. The van der Waals surface area contributed by atoms with Crippen LogP contribution in [0.5, 0.6) is 0 Å². The van der Waals surface area contributed by atoms with E-state index in [2.05, 4.69) is 0 Å². The number of carboxylic acid groups (broad SMARTS) is 1. The van der Waals surface area contributed by atoms with Crippen molar-refractivity contribution in [2.75, 3.05) is 13.1 Å². The maximum Gasteiger partial charge on any atom is 0.306 e. The number of amides is 1. The molecular formula is C20H25NO4. The Kier molecular flexibility index (Phi) is 5.51. The van der Waals surface area contributed by atoms with Gasteiger partial charge in [-0.25, -0.2) is 0 Å². The zero-order chi connectivity index (χ0) is 17.8. The number of aliphatic carboxylic acids is 1. The van der Waals surface area contributed by atoms with Crippen molar-refractivity contribution < 1.29 is 19.5 Å². The van der Waals surface area contributed by atoms with Crippen LogP contribution >= 0.6 is 0 Å². The summed E-state index contributed by atoms with van der Waals surface area (Å²) in [7, 11) is 0. The lowest BCUT2D eigenvalue weighted by atomic mass is 9.80. The van der Waals surface area contributed by atoms with Crippen LogP contribution in [0, 0.1) is 17.8 Å². The zero-order valence-corrected chi connectivity index (χ0v) is 14.4. The normalized spacial score (nSPS) is 24.7. The first-order chi connectivity index (χ1) is 12.1. The van der Waals surface area contributed by atoms with Crippen molar-refractivity contribution in [1.82, 2.24) is 4.90 Å². The molecule has 2 atom stereocenters. The summed E-state index contributed by atoms with van der Waals surface area (Å²) in [5.41, 5.74) is 0.740. The second-order valence-electron chi connectivity index (χ2n) is 7.23. The molecule has 1 amide bonds. The molecule has 1 saturated heterocycles. The second-order valence-corrected chi connectivity index (χ2v) is 7.23. The third-order valence-electron chi connectivity index (χ3n) is 5.61. The molecule has 1 aliphatic heterocycles. The van der Waals surface area contributed by atoms with E-state index in [-0.39, 0.29) is 29.4 Å². The Labute approximate surface area is 148 Å². The van der Waals surface area contributed by atoms with Crippen molar-refractivity contribution in [3.8, 4) is 0 Å². The molecule has 1 aromatic rings. The van der Waals surface area contributed by atoms with Crippen LogP contribution in [-0.2, 0) is 9.59 Å². The van der Waals surface area contributed by atoms with Gasteiger partial charge in [0.05, 0.1) is 5.92 Å². The van der Waals surface area contributed by atoms with Crippen molar-refractivity contribution in [1.29, 1.82) is 0 Å². The van der Waals surface area contributed by atoms with Gasteiger partial charge in [-0.3, -0.25) is 14.4 Å². The highest BCUT2D eigenvalue weighted by Crippen LogP contribution is 2.32. The molecule has 25 heavy (non-hydrogen) atoms. The van der Waals surface area contributed by atoms with Gasteiger partial charge in [-0.1, -0.05) is 36.8 Å². The van der Waals surface area contributed by atoms with E-state index in [0.29, 0.717) is 38.8 Å². The highest BCUT2D eigenvalue weighted by molar-refractivity contribution is 5.98. The van der Waals surface area contributed by atoms with Crippen molar-refractivity contribution in [3.63, 3.8) is 0 Å². The van der Waals surface area contributed by atoms with E-state index in [9.17, 15) is 19.5 Å². The molecule has 134 valence electrons. The van der Waals surface area contributed by atoms with E-state index < -0.39 is 5.97 Å². The molecule has 0 bridgehead atoms. The van der Waals surface area contributed by atoms with Crippen LogP contribution in [0.3, 0.4) is 0 Å². The van der Waals surface area contributed by atoms with Gasteiger partial charge in [0.2, 0.25) is 5.91 Å². The van der Waals surface area contributed by atoms with Crippen LogP contribution in [-0.4, -0.2) is 40.8 Å². The minimum Gasteiger partial charge on any atom is -0.481 e. The number of hydrogen-bond acceptors (Lipinski definition) is 3. The number of ketones is 1. The van der Waals surface area contributed by atoms with Crippen molar-refractivity contribution in [3.05, 3.63) is 35.9 Å². The molecule has 1 aliphatic carbocycles. The number of nitrogens with zero attached hydrogens (tertiary/aromatic N) is 1. The van der Waals surface area contributed by atoms with Crippen LogP contribution < -0.4 is 0 Å². The maximum atomic E-state index is 12.7. The third-order valence-corrected chi connectivity index (χ3v) is 5.61. The van der Waals surface area contributed by atoms with Gasteiger partial charge in [0.1, 0.15) is 0 Å². The van der Waals surface area contributed by atoms with Crippen LogP contribution in [0.25, 0.3) is 0 Å². The smallest absolute Gasteiger partial charge is 0.306 e. The summed E-state index contributed by atoms with van der Waals surface area (Å²) >= 11 is 0. The number of carboxylic acids is 1. The molecule has 2 unspecified atom stereocenters. The lowest BCUT2D eigenvalue weighted by molar-refractivity contribution is -0.145. The fourth-order valence-corrected chi connectivity index (χ4v) is 4.10. The first-order valence-electron chi connectivity index (χ1n) is 9.17. The summed E-state index contributed by atoms with van der Waals surface area (Å²) in [5, 5.41) is 9.19. The van der Waals surface area contributed by atoms with Crippen molar-refractivity contribution in [2.45, 2.75) is 38.5 Å². The lowest BCUT2D eigenvalue weighted by Gasteiger charge is -2.35. The fourth-order valence-electron chi connectivity index (χ4n) is 4.10. The highest BCUT2D eigenvalue weighted by Gasteiger charge is 2.35. The number of carbonyl (C=O) groups is 3. The molecular weight excluding hydrogens is 318 g/mol. The molecule has 0 radical (unpaired) electrons. The van der Waals surface area contributed by atoms with E-state index in [1.807, 2.05) is 35.2 Å². The predicted octanol–water partition coefficient (Wildman–Crippen LogP) is 3.00. The topological polar surface area (TPSA) is 74.7 Å². The van der Waals surface area contributed by atoms with Crippen LogP contribution in [0.4, 0.5) is 0 Å². The monoisotopic (exact) mass is 343 g/mol. The fraction of sp³-hybridized carbons (Fsp3) is 0.550. The van der Waals surface area contributed by atoms with Gasteiger partial charge in [-0.15, -0.1) is 0 Å². The Morgan fingerprint density at radius 1 is 0.880 bits per heavy atom. The largest absolute Gasteiger partial charge is 0.481 e. The summed E-state index contributed by atoms with van der Waals surface area (Å²) in [5.74, 6) is -1.13. The number of rotatable bonds is 4. The standard InChI is InChI=1S/C20H25NO4/c22-18(14-5-2-1-3-6-14)15-9-11-21(12-10-15)19(23)16-7-4-8-17(13-16)20(24)25/h1-3,5-6,15-17H,4,7-13H2,(H,24,25). The van der Waals surface area contributed by atoms with Gasteiger partial charge in [0.25, 0.3) is 0 Å². The summed E-state index contributed by atoms with van der Waals surface area (Å²) in [6.07, 6.45) is 4.09. The van der Waals surface area contributed by atoms with Crippen LogP contribution in [0.2, 0.25) is 0 Å². The number of hydrogen-bond donors (Lipinski definition) is 1. The lowest BCUT2D eigenvalue weighted by Crippen LogP contribution is -2.44. The summed E-state index contributed by atoms with van der Waals surface area (Å²) in [4.78, 5) is 38.3. The molecule has 3 rings (SSSR count). The zero-order valence-electron chi connectivity index (χ0n) is 14.4. The van der Waals surface area contributed by atoms with Gasteiger partial charge >= 0.3 is 5.97 Å². The number of likely N-dealkylation sites (tertiary alicyclic amines) is 1. The average molecular weight is 343 g/mol. The van der Waals surface area contributed by atoms with Gasteiger partial charge < -0.3 is 10.0 Å². The number of Topliss-reactive ketones (excluding diaryl/α,β-unsaturated/α-hetero) is 1. The molecule has 2 fully saturated rings. The summed E-state index contributed by atoms with van der Waals surface area (Å²) < 4.78 is 0. The van der Waals surface area contributed by atoms with Crippen LogP contribution in [0.1, 0.15) is 48.9 Å². The molecule has 1 N–H and O–H groups in total. The van der Waals surface area contributed by atoms with Crippen molar-refractivity contribution in [2.24, 2.45) is 17.8 Å². The highest BCUT2D eigenvalue weighted by atomic mass is 16.4. The first-order valence-corrected chi connectivity index (χ1v) is 9.17. The summed E-state index contributed by atoms with van der Waals surface area (Å²) in [6, 6.07) is 9.32. The van der Waals surface area contributed by atoms with Gasteiger partial charge in [-0.2, -0.15) is 0 Å². The number of benzene rings is 1. The quantitative estimate of drug-likeness (QED) is 0.853. The Morgan fingerprint density at radius 3 is 2.16 bits per heavy atom. The molecule has 0 aromatic heterocycles. The third kappa shape index (κ3) is 4.09. The molecule has 2 aliphatic rings. The average Bonchev–Trinajstić information content (AvgIpc) is 2.67. The molecule has 0 spiro atoms. The van der Waals surface area contributed by atoms with Gasteiger partial charge in [-0.05, 0) is 32.1 Å². The predicted molar refractivity (Wildman–Crippen MR) is 93.2 cm³/mol. The van der Waals surface area contributed by atoms with E-state index in [0.717, 1.165) is 18.4 Å². The van der Waals surface area contributed by atoms with Gasteiger partial charge in [0.15, 0.2) is 5.78 Å². The van der Waals surface area contributed by atoms with E-state index >= 15 is 0 Å². The van der Waals surface area contributed by atoms with E-state index in [1.165, 1.54) is 0 Å². The Hall–Kier alpha value is -2.17. The van der Waals surface area contributed by atoms with E-state index in [1.54, 1.807) is 0 Å². The van der Waals surface area contributed by atoms with Gasteiger partial charge in [0, 0.05) is 30.5 Å². The Bertz CT molecular complexity index is 634. The molecule has 1 saturated carbocycles. The van der Waals surface area contributed by atoms with E-state index in [4.69, 9.17) is 0 Å². The SMILES string of the molecule is O=C(O)C1CCCC(C(=O)N2CCC(C(=O)c3ccccc3)CC2)C1. The molecule has 5 nitrogen and oxygen atoms in total. The maximum absolute atomic E-state index is 12.7. The van der Waals surface area contributed by atoms with Crippen molar-refractivity contribution >= 4 is 17.7 Å². The second kappa shape index (κ2) is 7.81. The molecule has 5 heteroatoms. The number of carbonyl (C=O) groups excluding carboxylic acids is 2. The van der Waals surface area contributed by atoms with Crippen LogP contribution in [0.15, 0.2) is 30.3 Å². The Balaban J connectivity index is 1.54. The number of piperidine rings is 1. The molecule has 1 aromatic carbocycles. The summed E-state index contributed by atoms with van der Waals surface area (Å²) in [6.45, 7) is 1.19. The molecule has 1 heterocycles.